The molecule has 0 atom stereocenters. The van der Waals surface area contributed by atoms with Crippen LogP contribution in [0.25, 0.3) is 0 Å². The van der Waals surface area contributed by atoms with Gasteiger partial charge in [-0.25, -0.2) is 9.18 Å². The predicted octanol–water partition coefficient (Wildman–Crippen LogP) is 1.64. The summed E-state index contributed by atoms with van der Waals surface area (Å²) in [5.41, 5.74) is 1.24. The molecular formula is C11H15FN2O2. The summed E-state index contributed by atoms with van der Waals surface area (Å²) in [5, 5.41) is 13.7. The van der Waals surface area contributed by atoms with E-state index < -0.39 is 0 Å². The normalized spacial score (nSPS) is 9.94. The van der Waals surface area contributed by atoms with Gasteiger partial charge in [0.05, 0.1) is 0 Å². The van der Waals surface area contributed by atoms with Gasteiger partial charge in [-0.3, -0.25) is 0 Å². The number of amides is 2. The first-order chi connectivity index (χ1) is 7.63. The first-order valence-corrected chi connectivity index (χ1v) is 5.05. The molecule has 4 nitrogen and oxygen atoms in total. The maximum absolute atomic E-state index is 12.8. The van der Waals surface area contributed by atoms with Crippen LogP contribution in [0.4, 0.5) is 14.9 Å². The average molecular weight is 226 g/mol. The van der Waals surface area contributed by atoms with Crippen LogP contribution >= 0.6 is 0 Å². The van der Waals surface area contributed by atoms with Gasteiger partial charge in [0, 0.05) is 18.8 Å². The van der Waals surface area contributed by atoms with E-state index in [1.807, 2.05) is 0 Å². The maximum Gasteiger partial charge on any atom is 0.319 e. The number of aryl methyl sites for hydroxylation is 1. The number of nitrogens with one attached hydrogen (secondary N) is 2. The van der Waals surface area contributed by atoms with E-state index in [1.165, 1.54) is 18.2 Å². The number of hydrogen-bond acceptors (Lipinski definition) is 2. The second-order valence-corrected chi connectivity index (χ2v) is 3.42. The minimum absolute atomic E-state index is 0.0376. The number of rotatable bonds is 4. The first-order valence-electron chi connectivity index (χ1n) is 5.05. The van der Waals surface area contributed by atoms with E-state index in [-0.39, 0.29) is 18.5 Å². The molecule has 0 bridgehead atoms. The van der Waals surface area contributed by atoms with Gasteiger partial charge in [-0.1, -0.05) is 0 Å². The number of carbonyl (C=O) groups excluding carboxylic acids is 1. The topological polar surface area (TPSA) is 61.4 Å². The lowest BCUT2D eigenvalue weighted by molar-refractivity contribution is 0.249. The molecule has 0 spiro atoms. The zero-order valence-corrected chi connectivity index (χ0v) is 9.09. The fourth-order valence-corrected chi connectivity index (χ4v) is 1.21. The van der Waals surface area contributed by atoms with Gasteiger partial charge < -0.3 is 15.7 Å². The van der Waals surface area contributed by atoms with Crippen molar-refractivity contribution in [2.45, 2.75) is 13.3 Å². The van der Waals surface area contributed by atoms with Gasteiger partial charge >= 0.3 is 6.03 Å². The van der Waals surface area contributed by atoms with Crippen LogP contribution in [0, 0.1) is 12.7 Å². The molecular weight excluding hydrogens is 211 g/mol. The highest BCUT2D eigenvalue weighted by molar-refractivity contribution is 5.89. The number of aliphatic hydroxyl groups excluding tert-OH is 1. The van der Waals surface area contributed by atoms with Crippen molar-refractivity contribution < 1.29 is 14.3 Å². The number of carbonyl (C=O) groups is 1. The Bertz CT molecular complexity index is 369. The summed E-state index contributed by atoms with van der Waals surface area (Å²) < 4.78 is 12.8. The van der Waals surface area contributed by atoms with E-state index in [2.05, 4.69) is 10.6 Å². The molecule has 2 amide bonds. The fraction of sp³-hybridized carbons (Fsp3) is 0.364. The molecule has 0 aromatic heterocycles. The van der Waals surface area contributed by atoms with Gasteiger partial charge in [0.15, 0.2) is 0 Å². The second kappa shape index (κ2) is 6.07. The van der Waals surface area contributed by atoms with Crippen molar-refractivity contribution in [3.05, 3.63) is 29.6 Å². The third kappa shape index (κ3) is 3.86. The lowest BCUT2D eigenvalue weighted by atomic mass is 10.2. The van der Waals surface area contributed by atoms with Gasteiger partial charge in [0.1, 0.15) is 5.82 Å². The Kier molecular flexibility index (Phi) is 4.72. The first kappa shape index (κ1) is 12.4. The largest absolute Gasteiger partial charge is 0.396 e. The van der Waals surface area contributed by atoms with Crippen molar-refractivity contribution in [2.75, 3.05) is 18.5 Å². The van der Waals surface area contributed by atoms with Crippen LogP contribution in [-0.2, 0) is 0 Å². The van der Waals surface area contributed by atoms with Crippen molar-refractivity contribution in [1.82, 2.24) is 5.32 Å². The van der Waals surface area contributed by atoms with Crippen LogP contribution in [0.3, 0.4) is 0 Å². The maximum atomic E-state index is 12.8. The quantitative estimate of drug-likeness (QED) is 0.683. The van der Waals surface area contributed by atoms with E-state index in [1.54, 1.807) is 6.92 Å². The summed E-state index contributed by atoms with van der Waals surface area (Å²) in [7, 11) is 0. The van der Waals surface area contributed by atoms with Gasteiger partial charge in [0.2, 0.25) is 0 Å². The number of hydrogen-bond donors (Lipinski definition) is 3. The van der Waals surface area contributed by atoms with Gasteiger partial charge in [-0.2, -0.15) is 0 Å². The van der Waals surface area contributed by atoms with Gasteiger partial charge in [-0.15, -0.1) is 0 Å². The Morgan fingerprint density at radius 2 is 2.25 bits per heavy atom. The smallest absolute Gasteiger partial charge is 0.319 e. The number of urea groups is 1. The minimum atomic E-state index is -0.358. The van der Waals surface area contributed by atoms with E-state index in [0.717, 1.165) is 0 Å². The van der Waals surface area contributed by atoms with E-state index in [9.17, 15) is 9.18 Å². The molecule has 0 saturated carbocycles. The molecule has 88 valence electrons. The summed E-state index contributed by atoms with van der Waals surface area (Å²) >= 11 is 0. The second-order valence-electron chi connectivity index (χ2n) is 3.42. The Morgan fingerprint density at radius 1 is 1.50 bits per heavy atom. The van der Waals surface area contributed by atoms with E-state index in [4.69, 9.17) is 5.11 Å². The van der Waals surface area contributed by atoms with Crippen molar-refractivity contribution in [3.63, 3.8) is 0 Å². The van der Waals surface area contributed by atoms with Crippen LogP contribution in [-0.4, -0.2) is 24.3 Å². The summed E-state index contributed by atoms with van der Waals surface area (Å²) in [6, 6.07) is 3.79. The highest BCUT2D eigenvalue weighted by Crippen LogP contribution is 2.15. The van der Waals surface area contributed by atoms with E-state index in [0.29, 0.717) is 24.2 Å². The van der Waals surface area contributed by atoms with Crippen LogP contribution in [0.5, 0.6) is 0 Å². The molecule has 1 rings (SSSR count). The summed E-state index contributed by atoms with van der Waals surface area (Å²) in [4.78, 5) is 11.3. The molecule has 0 aliphatic rings. The van der Waals surface area contributed by atoms with Crippen molar-refractivity contribution in [1.29, 1.82) is 0 Å². The summed E-state index contributed by atoms with van der Waals surface area (Å²) in [6.45, 7) is 2.16. The monoisotopic (exact) mass is 226 g/mol. The summed E-state index contributed by atoms with van der Waals surface area (Å²) in [5.74, 6) is -0.330. The lowest BCUT2D eigenvalue weighted by Crippen LogP contribution is -2.30. The molecule has 0 radical (unpaired) electrons. The zero-order chi connectivity index (χ0) is 12.0. The molecule has 5 heteroatoms. The Hall–Kier alpha value is -1.62. The Balaban J connectivity index is 2.49. The molecule has 0 unspecified atom stereocenters. The highest BCUT2D eigenvalue weighted by atomic mass is 19.1. The molecule has 1 aromatic carbocycles. The van der Waals surface area contributed by atoms with Gasteiger partial charge in [0.25, 0.3) is 0 Å². The molecule has 0 aliphatic heterocycles. The van der Waals surface area contributed by atoms with Crippen LogP contribution in [0.2, 0.25) is 0 Å². The molecule has 0 aliphatic carbocycles. The third-order valence-electron chi connectivity index (χ3n) is 2.06. The summed E-state index contributed by atoms with van der Waals surface area (Å²) in [6.07, 6.45) is 0.510. The standard InChI is InChI=1S/C11H15FN2O2/c1-8-7-9(12)3-4-10(8)14-11(16)13-5-2-6-15/h3-4,7,15H,2,5-6H2,1H3,(H2,13,14,16). The van der Waals surface area contributed by atoms with Crippen LogP contribution in [0.15, 0.2) is 18.2 Å². The third-order valence-corrected chi connectivity index (χ3v) is 2.06. The van der Waals surface area contributed by atoms with Crippen LogP contribution in [0.1, 0.15) is 12.0 Å². The zero-order valence-electron chi connectivity index (χ0n) is 9.09. The van der Waals surface area contributed by atoms with Crippen molar-refractivity contribution in [2.24, 2.45) is 0 Å². The Labute approximate surface area is 93.5 Å². The molecule has 0 fully saturated rings. The molecule has 0 saturated heterocycles. The number of halogens is 1. The molecule has 0 heterocycles. The molecule has 3 N–H and O–H groups in total. The minimum Gasteiger partial charge on any atom is -0.396 e. The number of anilines is 1. The SMILES string of the molecule is Cc1cc(F)ccc1NC(=O)NCCCO. The molecule has 16 heavy (non-hydrogen) atoms. The number of aliphatic hydroxyl groups is 1. The van der Waals surface area contributed by atoms with Crippen molar-refractivity contribution in [3.8, 4) is 0 Å². The number of benzene rings is 1. The Morgan fingerprint density at radius 3 is 2.88 bits per heavy atom. The average Bonchev–Trinajstić information content (AvgIpc) is 2.23. The van der Waals surface area contributed by atoms with E-state index >= 15 is 0 Å². The van der Waals surface area contributed by atoms with Crippen molar-refractivity contribution >= 4 is 11.7 Å². The molecule has 1 aromatic rings. The predicted molar refractivity (Wildman–Crippen MR) is 59.9 cm³/mol. The fourth-order valence-electron chi connectivity index (χ4n) is 1.21. The lowest BCUT2D eigenvalue weighted by Gasteiger charge is -2.09. The van der Waals surface area contributed by atoms with Gasteiger partial charge in [-0.05, 0) is 37.1 Å². The highest BCUT2D eigenvalue weighted by Gasteiger charge is 2.04. The van der Waals surface area contributed by atoms with Crippen LogP contribution < -0.4 is 10.6 Å².